The molecule has 4 N–H and O–H groups in total. The van der Waals surface area contributed by atoms with E-state index >= 15 is 0 Å². The monoisotopic (exact) mass is 200 g/mol. The molecular formula is C8H12N2O4. The van der Waals surface area contributed by atoms with E-state index in [9.17, 15) is 9.90 Å². The van der Waals surface area contributed by atoms with Crippen LogP contribution in [-0.4, -0.2) is 27.4 Å². The first-order valence-corrected chi connectivity index (χ1v) is 4.04. The number of carboxylic acids is 1. The van der Waals surface area contributed by atoms with Crippen LogP contribution in [0, 0.1) is 13.8 Å². The molecule has 0 fully saturated rings. The number of aromatic nitrogens is 1. The van der Waals surface area contributed by atoms with Gasteiger partial charge in [-0.3, -0.25) is 4.79 Å². The Kier molecular flexibility index (Phi) is 2.87. The van der Waals surface area contributed by atoms with Gasteiger partial charge in [-0.15, -0.1) is 0 Å². The molecule has 78 valence electrons. The SMILES string of the molecule is Cc1noc(C)c1C(O)C(N)C(=O)O. The molecule has 2 unspecified atom stereocenters. The van der Waals surface area contributed by atoms with E-state index in [1.54, 1.807) is 13.8 Å². The molecule has 0 radical (unpaired) electrons. The van der Waals surface area contributed by atoms with E-state index < -0.39 is 18.1 Å². The van der Waals surface area contributed by atoms with Crippen LogP contribution in [0.5, 0.6) is 0 Å². The van der Waals surface area contributed by atoms with E-state index in [0.29, 0.717) is 17.0 Å². The van der Waals surface area contributed by atoms with E-state index in [-0.39, 0.29) is 0 Å². The quantitative estimate of drug-likeness (QED) is 0.620. The van der Waals surface area contributed by atoms with Crippen LogP contribution in [0.1, 0.15) is 23.1 Å². The van der Waals surface area contributed by atoms with Crippen LogP contribution in [0.4, 0.5) is 0 Å². The molecule has 0 saturated heterocycles. The number of aliphatic carboxylic acids is 1. The average Bonchev–Trinajstić information content (AvgIpc) is 2.44. The summed E-state index contributed by atoms with van der Waals surface area (Å²) in [6.45, 7) is 3.21. The number of aryl methyl sites for hydroxylation is 2. The lowest BCUT2D eigenvalue weighted by molar-refractivity contribution is -0.141. The molecule has 0 aromatic carbocycles. The van der Waals surface area contributed by atoms with Gasteiger partial charge in [0.25, 0.3) is 0 Å². The zero-order valence-corrected chi connectivity index (χ0v) is 7.89. The minimum absolute atomic E-state index is 0.347. The van der Waals surface area contributed by atoms with Gasteiger partial charge in [0.1, 0.15) is 17.9 Å². The molecule has 6 heteroatoms. The maximum Gasteiger partial charge on any atom is 0.323 e. The number of aliphatic hydroxyl groups excluding tert-OH is 1. The number of hydrogen-bond acceptors (Lipinski definition) is 5. The van der Waals surface area contributed by atoms with E-state index in [0.717, 1.165) is 0 Å². The topological polar surface area (TPSA) is 110 Å². The van der Waals surface area contributed by atoms with Gasteiger partial charge in [-0.2, -0.15) is 0 Å². The van der Waals surface area contributed by atoms with Crippen LogP contribution in [0.3, 0.4) is 0 Å². The number of carbonyl (C=O) groups is 1. The Morgan fingerprint density at radius 3 is 2.50 bits per heavy atom. The van der Waals surface area contributed by atoms with Gasteiger partial charge < -0.3 is 20.5 Å². The van der Waals surface area contributed by atoms with Crippen LogP contribution in [0.2, 0.25) is 0 Å². The summed E-state index contributed by atoms with van der Waals surface area (Å²) in [4.78, 5) is 10.5. The van der Waals surface area contributed by atoms with Gasteiger partial charge in [-0.1, -0.05) is 5.16 Å². The van der Waals surface area contributed by atoms with Gasteiger partial charge in [-0.25, -0.2) is 0 Å². The molecule has 0 bridgehead atoms. The van der Waals surface area contributed by atoms with E-state index in [2.05, 4.69) is 5.16 Å². The highest BCUT2D eigenvalue weighted by Gasteiger charge is 2.28. The molecule has 0 aliphatic carbocycles. The lowest BCUT2D eigenvalue weighted by atomic mass is 10.0. The molecule has 2 atom stereocenters. The predicted molar refractivity (Wildman–Crippen MR) is 46.5 cm³/mol. The lowest BCUT2D eigenvalue weighted by Crippen LogP contribution is -2.36. The normalized spacial score (nSPS) is 15.1. The van der Waals surface area contributed by atoms with Crippen LogP contribution in [0.15, 0.2) is 4.52 Å². The largest absolute Gasteiger partial charge is 0.480 e. The first kappa shape index (κ1) is 10.7. The molecule has 0 aliphatic heterocycles. The first-order chi connectivity index (χ1) is 6.45. The Hall–Kier alpha value is -1.40. The minimum atomic E-state index is -1.37. The zero-order chi connectivity index (χ0) is 10.9. The highest BCUT2D eigenvalue weighted by Crippen LogP contribution is 2.23. The van der Waals surface area contributed by atoms with E-state index in [4.69, 9.17) is 15.4 Å². The first-order valence-electron chi connectivity index (χ1n) is 4.04. The minimum Gasteiger partial charge on any atom is -0.480 e. The van der Waals surface area contributed by atoms with E-state index in [1.807, 2.05) is 0 Å². The molecule has 1 aromatic heterocycles. The average molecular weight is 200 g/mol. The van der Waals surface area contributed by atoms with Crippen molar-refractivity contribution in [1.82, 2.24) is 5.16 Å². The highest BCUT2D eigenvalue weighted by atomic mass is 16.5. The summed E-state index contributed by atoms with van der Waals surface area (Å²) in [6.07, 6.45) is -1.29. The summed E-state index contributed by atoms with van der Waals surface area (Å²) < 4.78 is 4.79. The Morgan fingerprint density at radius 1 is 1.57 bits per heavy atom. The van der Waals surface area contributed by atoms with Gasteiger partial charge in [-0.05, 0) is 13.8 Å². The lowest BCUT2D eigenvalue weighted by Gasteiger charge is -2.14. The van der Waals surface area contributed by atoms with Crippen molar-refractivity contribution in [2.75, 3.05) is 0 Å². The smallest absolute Gasteiger partial charge is 0.323 e. The molecule has 1 rings (SSSR count). The summed E-state index contributed by atoms with van der Waals surface area (Å²) in [5, 5.41) is 21.8. The molecular weight excluding hydrogens is 188 g/mol. The maximum atomic E-state index is 10.5. The molecule has 14 heavy (non-hydrogen) atoms. The van der Waals surface area contributed by atoms with Crippen LogP contribution >= 0.6 is 0 Å². The van der Waals surface area contributed by atoms with Gasteiger partial charge in [0, 0.05) is 5.56 Å². The van der Waals surface area contributed by atoms with Gasteiger partial charge in [0.05, 0.1) is 5.69 Å². The van der Waals surface area contributed by atoms with Crippen molar-refractivity contribution >= 4 is 5.97 Å². The number of carboxylic acid groups (broad SMARTS) is 1. The van der Waals surface area contributed by atoms with Crippen molar-refractivity contribution in [2.24, 2.45) is 5.73 Å². The van der Waals surface area contributed by atoms with Crippen molar-refractivity contribution in [3.63, 3.8) is 0 Å². The Balaban J connectivity index is 2.99. The van der Waals surface area contributed by atoms with Crippen molar-refractivity contribution < 1.29 is 19.5 Å². The molecule has 6 nitrogen and oxygen atoms in total. The van der Waals surface area contributed by atoms with Gasteiger partial charge in [0.2, 0.25) is 0 Å². The Bertz CT molecular complexity index is 328. The van der Waals surface area contributed by atoms with Crippen LogP contribution < -0.4 is 5.73 Å². The standard InChI is InChI=1S/C8H12N2O4/c1-3-5(4(2)14-10-3)7(11)6(9)8(12)13/h6-7,11H,9H2,1-2H3,(H,12,13). The summed E-state index contributed by atoms with van der Waals surface area (Å²) in [7, 11) is 0. The number of nitrogens with two attached hydrogens (primary N) is 1. The fourth-order valence-corrected chi connectivity index (χ4v) is 1.23. The van der Waals surface area contributed by atoms with Crippen molar-refractivity contribution in [1.29, 1.82) is 0 Å². The maximum absolute atomic E-state index is 10.5. The van der Waals surface area contributed by atoms with Gasteiger partial charge >= 0.3 is 5.97 Å². The number of rotatable bonds is 3. The van der Waals surface area contributed by atoms with Crippen molar-refractivity contribution in [3.05, 3.63) is 17.0 Å². The number of aliphatic hydroxyl groups is 1. The molecule has 0 spiro atoms. The van der Waals surface area contributed by atoms with Crippen molar-refractivity contribution in [2.45, 2.75) is 26.0 Å². The third-order valence-electron chi connectivity index (χ3n) is 2.01. The zero-order valence-electron chi connectivity index (χ0n) is 7.89. The Labute approximate surface area is 80.3 Å². The van der Waals surface area contributed by atoms with Crippen LogP contribution in [0.25, 0.3) is 0 Å². The van der Waals surface area contributed by atoms with Gasteiger partial charge in [0.15, 0.2) is 0 Å². The fraction of sp³-hybridized carbons (Fsp3) is 0.500. The molecule has 0 saturated carbocycles. The third kappa shape index (κ3) is 1.75. The number of hydrogen-bond donors (Lipinski definition) is 3. The summed E-state index contributed by atoms with van der Waals surface area (Å²) in [5.74, 6) is -0.885. The fourth-order valence-electron chi connectivity index (χ4n) is 1.23. The second-order valence-electron chi connectivity index (χ2n) is 3.05. The summed E-state index contributed by atoms with van der Waals surface area (Å²) in [5.41, 5.74) is 6.07. The summed E-state index contributed by atoms with van der Waals surface area (Å²) in [6, 6.07) is -1.37. The highest BCUT2D eigenvalue weighted by molar-refractivity contribution is 5.74. The summed E-state index contributed by atoms with van der Waals surface area (Å²) >= 11 is 0. The molecule has 0 amide bonds. The molecule has 1 heterocycles. The van der Waals surface area contributed by atoms with Crippen LogP contribution in [-0.2, 0) is 4.79 Å². The third-order valence-corrected chi connectivity index (χ3v) is 2.01. The Morgan fingerprint density at radius 2 is 2.14 bits per heavy atom. The second-order valence-corrected chi connectivity index (χ2v) is 3.05. The number of nitrogens with zero attached hydrogens (tertiary/aromatic N) is 1. The molecule has 1 aromatic rings. The molecule has 0 aliphatic rings. The van der Waals surface area contributed by atoms with E-state index in [1.165, 1.54) is 0 Å². The predicted octanol–water partition coefficient (Wildman–Crippen LogP) is -0.263. The van der Waals surface area contributed by atoms with Crippen molar-refractivity contribution in [3.8, 4) is 0 Å². The second kappa shape index (κ2) is 3.77.